The van der Waals surface area contributed by atoms with Gasteiger partial charge in [0.25, 0.3) is 0 Å². The summed E-state index contributed by atoms with van der Waals surface area (Å²) < 4.78 is 20.3. The Balaban J connectivity index is 2.07. The van der Waals surface area contributed by atoms with Crippen molar-refractivity contribution in [3.8, 4) is 0 Å². The summed E-state index contributed by atoms with van der Waals surface area (Å²) in [5.74, 6) is 1.89. The van der Waals surface area contributed by atoms with Crippen LogP contribution >= 0.6 is 27.7 Å². The molecule has 2 unspecified atom stereocenters. The van der Waals surface area contributed by atoms with Crippen molar-refractivity contribution in [3.63, 3.8) is 0 Å². The van der Waals surface area contributed by atoms with Crippen LogP contribution < -0.4 is 5.32 Å². The summed E-state index contributed by atoms with van der Waals surface area (Å²) in [6.07, 6.45) is 2.07. The molecule has 112 valence electrons. The maximum Gasteiger partial charge on any atom is 0.123 e. The van der Waals surface area contributed by atoms with Gasteiger partial charge in [-0.3, -0.25) is 0 Å². The van der Waals surface area contributed by atoms with Gasteiger partial charge in [0.2, 0.25) is 0 Å². The average Bonchev–Trinajstić information content (AvgIpc) is 2.48. The first-order valence-electron chi connectivity index (χ1n) is 7.07. The zero-order chi connectivity index (χ0) is 14.4. The van der Waals surface area contributed by atoms with E-state index in [1.54, 1.807) is 12.1 Å². The van der Waals surface area contributed by atoms with Crippen LogP contribution in [0, 0.1) is 5.82 Å². The Hall–Kier alpha value is -0.100. The van der Waals surface area contributed by atoms with E-state index in [4.69, 9.17) is 4.74 Å². The SMILES string of the molecule is CCCNC(Cc1cc(F)ccc1Br)C1CSCCO1. The van der Waals surface area contributed by atoms with Gasteiger partial charge in [0, 0.05) is 22.0 Å². The van der Waals surface area contributed by atoms with Crippen LogP contribution in [0.4, 0.5) is 4.39 Å². The maximum atomic E-state index is 13.4. The second kappa shape index (κ2) is 8.37. The van der Waals surface area contributed by atoms with Crippen molar-refractivity contribution in [2.45, 2.75) is 31.9 Å². The summed E-state index contributed by atoms with van der Waals surface area (Å²) in [5.41, 5.74) is 0.998. The van der Waals surface area contributed by atoms with Gasteiger partial charge in [-0.05, 0) is 43.1 Å². The minimum Gasteiger partial charge on any atom is -0.375 e. The Morgan fingerprint density at radius 3 is 3.10 bits per heavy atom. The fourth-order valence-electron chi connectivity index (χ4n) is 2.34. The molecule has 1 aromatic carbocycles. The van der Waals surface area contributed by atoms with Crippen LogP contribution in [0.1, 0.15) is 18.9 Å². The number of rotatable bonds is 6. The molecular weight excluding hydrogens is 341 g/mol. The van der Waals surface area contributed by atoms with Crippen LogP contribution in [0.2, 0.25) is 0 Å². The summed E-state index contributed by atoms with van der Waals surface area (Å²) in [7, 11) is 0. The lowest BCUT2D eigenvalue weighted by molar-refractivity contribution is 0.0471. The zero-order valence-corrected chi connectivity index (χ0v) is 14.1. The fraction of sp³-hybridized carbons (Fsp3) is 0.600. The van der Waals surface area contributed by atoms with E-state index in [1.165, 1.54) is 6.07 Å². The van der Waals surface area contributed by atoms with E-state index in [-0.39, 0.29) is 18.0 Å². The monoisotopic (exact) mass is 361 g/mol. The van der Waals surface area contributed by atoms with Crippen molar-refractivity contribution in [2.75, 3.05) is 24.7 Å². The lowest BCUT2D eigenvalue weighted by atomic mass is 10.0. The Kier molecular flexibility index (Phi) is 6.81. The Morgan fingerprint density at radius 2 is 2.40 bits per heavy atom. The van der Waals surface area contributed by atoms with Crippen molar-refractivity contribution < 1.29 is 9.13 Å². The van der Waals surface area contributed by atoms with Crippen molar-refractivity contribution >= 4 is 27.7 Å². The minimum absolute atomic E-state index is 0.184. The molecule has 1 aliphatic rings. The van der Waals surface area contributed by atoms with Crippen LogP contribution in [-0.2, 0) is 11.2 Å². The topological polar surface area (TPSA) is 21.3 Å². The summed E-state index contributed by atoms with van der Waals surface area (Å²) in [6.45, 7) is 3.92. The standard InChI is InChI=1S/C15H21BrFNOS/c1-2-5-18-14(15-10-20-7-6-19-15)9-11-8-12(17)3-4-13(11)16/h3-4,8,14-15,18H,2,5-7,9-10H2,1H3. The van der Waals surface area contributed by atoms with E-state index in [9.17, 15) is 4.39 Å². The summed E-state index contributed by atoms with van der Waals surface area (Å²) in [5, 5.41) is 3.55. The van der Waals surface area contributed by atoms with E-state index < -0.39 is 0 Å². The summed E-state index contributed by atoms with van der Waals surface area (Å²) >= 11 is 5.44. The van der Waals surface area contributed by atoms with Gasteiger partial charge in [-0.15, -0.1) is 0 Å². The highest BCUT2D eigenvalue weighted by Gasteiger charge is 2.25. The molecule has 0 aromatic heterocycles. The van der Waals surface area contributed by atoms with Crippen LogP contribution in [0.15, 0.2) is 22.7 Å². The van der Waals surface area contributed by atoms with Gasteiger partial charge in [-0.1, -0.05) is 22.9 Å². The zero-order valence-electron chi connectivity index (χ0n) is 11.7. The highest BCUT2D eigenvalue weighted by Crippen LogP contribution is 2.23. The predicted molar refractivity (Wildman–Crippen MR) is 87.0 cm³/mol. The van der Waals surface area contributed by atoms with Crippen LogP contribution in [0.3, 0.4) is 0 Å². The first-order chi connectivity index (χ1) is 9.70. The summed E-state index contributed by atoms with van der Waals surface area (Å²) in [4.78, 5) is 0. The normalized spacial score (nSPS) is 20.9. The molecule has 2 rings (SSSR count). The van der Waals surface area contributed by atoms with Gasteiger partial charge in [0.1, 0.15) is 5.82 Å². The van der Waals surface area contributed by atoms with Crippen molar-refractivity contribution in [1.82, 2.24) is 5.32 Å². The Bertz CT molecular complexity index is 426. The molecule has 1 fully saturated rings. The quantitative estimate of drug-likeness (QED) is 0.835. The van der Waals surface area contributed by atoms with Crippen molar-refractivity contribution in [2.24, 2.45) is 0 Å². The molecule has 0 bridgehead atoms. The molecule has 20 heavy (non-hydrogen) atoms. The third-order valence-electron chi connectivity index (χ3n) is 3.39. The minimum atomic E-state index is -0.184. The molecule has 1 heterocycles. The van der Waals surface area contributed by atoms with E-state index in [2.05, 4.69) is 28.2 Å². The molecule has 1 aromatic rings. The van der Waals surface area contributed by atoms with Gasteiger partial charge in [-0.2, -0.15) is 11.8 Å². The lowest BCUT2D eigenvalue weighted by Gasteiger charge is -2.31. The molecule has 2 nitrogen and oxygen atoms in total. The molecular formula is C15H21BrFNOS. The molecule has 2 atom stereocenters. The van der Waals surface area contributed by atoms with Gasteiger partial charge in [-0.25, -0.2) is 4.39 Å². The van der Waals surface area contributed by atoms with Crippen molar-refractivity contribution in [1.29, 1.82) is 0 Å². The molecule has 1 saturated heterocycles. The number of ether oxygens (including phenoxy) is 1. The maximum absolute atomic E-state index is 13.4. The molecule has 0 amide bonds. The molecule has 0 spiro atoms. The highest BCUT2D eigenvalue weighted by molar-refractivity contribution is 9.10. The molecule has 0 saturated carbocycles. The van der Waals surface area contributed by atoms with Gasteiger partial charge < -0.3 is 10.1 Å². The van der Waals surface area contributed by atoms with Gasteiger partial charge >= 0.3 is 0 Å². The van der Waals surface area contributed by atoms with Crippen LogP contribution in [-0.4, -0.2) is 36.8 Å². The lowest BCUT2D eigenvalue weighted by Crippen LogP contribution is -2.46. The smallest absolute Gasteiger partial charge is 0.123 e. The Morgan fingerprint density at radius 1 is 1.55 bits per heavy atom. The second-order valence-electron chi connectivity index (χ2n) is 4.98. The van der Waals surface area contributed by atoms with E-state index in [1.807, 2.05) is 11.8 Å². The van der Waals surface area contributed by atoms with Crippen LogP contribution in [0.25, 0.3) is 0 Å². The fourth-order valence-corrected chi connectivity index (χ4v) is 3.69. The van der Waals surface area contributed by atoms with Crippen LogP contribution in [0.5, 0.6) is 0 Å². The van der Waals surface area contributed by atoms with E-state index in [0.29, 0.717) is 0 Å². The third kappa shape index (κ3) is 4.72. The van der Waals surface area contributed by atoms with Gasteiger partial charge in [0.15, 0.2) is 0 Å². The first-order valence-corrected chi connectivity index (χ1v) is 9.02. The molecule has 0 radical (unpaired) electrons. The Labute approximate surface area is 133 Å². The largest absolute Gasteiger partial charge is 0.375 e. The highest BCUT2D eigenvalue weighted by atomic mass is 79.9. The second-order valence-corrected chi connectivity index (χ2v) is 6.99. The number of hydrogen-bond acceptors (Lipinski definition) is 3. The predicted octanol–water partition coefficient (Wildman–Crippen LogP) is 3.63. The van der Waals surface area contributed by atoms with Gasteiger partial charge in [0.05, 0.1) is 12.7 Å². The number of benzene rings is 1. The molecule has 1 aliphatic heterocycles. The number of halogens is 2. The van der Waals surface area contributed by atoms with Crippen molar-refractivity contribution in [3.05, 3.63) is 34.1 Å². The van der Waals surface area contributed by atoms with E-state index in [0.717, 1.165) is 47.5 Å². The molecule has 5 heteroatoms. The number of thioether (sulfide) groups is 1. The number of hydrogen-bond donors (Lipinski definition) is 1. The molecule has 0 aliphatic carbocycles. The first kappa shape index (κ1) is 16.3. The number of nitrogens with one attached hydrogen (secondary N) is 1. The average molecular weight is 362 g/mol. The molecule has 1 N–H and O–H groups in total. The summed E-state index contributed by atoms with van der Waals surface area (Å²) in [6, 6.07) is 5.11. The third-order valence-corrected chi connectivity index (χ3v) is 5.19. The van der Waals surface area contributed by atoms with E-state index >= 15 is 0 Å².